The first-order chi connectivity index (χ1) is 9.58. The number of nitro groups is 1. The lowest BCUT2D eigenvalue weighted by atomic mass is 10.1. The molecule has 0 amide bonds. The Morgan fingerprint density at radius 2 is 2.30 bits per heavy atom. The van der Waals surface area contributed by atoms with E-state index in [-0.39, 0.29) is 16.8 Å². The molecule has 6 nitrogen and oxygen atoms in total. The molecule has 0 N–H and O–H groups in total. The summed E-state index contributed by atoms with van der Waals surface area (Å²) in [7, 11) is 0. The molecule has 2 heterocycles. The number of halogens is 1. The molecule has 1 fully saturated rings. The van der Waals surface area contributed by atoms with Crippen LogP contribution < -0.4 is 0 Å². The summed E-state index contributed by atoms with van der Waals surface area (Å²) in [4.78, 5) is 10.8. The summed E-state index contributed by atoms with van der Waals surface area (Å²) in [5, 5.41) is 16.6. The molecule has 7 heteroatoms. The molecule has 1 aromatic heterocycles. The highest BCUT2D eigenvalue weighted by molar-refractivity contribution is 14.1. The Balaban J connectivity index is 2.17. The van der Waals surface area contributed by atoms with Gasteiger partial charge in [0.1, 0.15) is 3.70 Å². The molecule has 3 rings (SSSR count). The van der Waals surface area contributed by atoms with E-state index in [1.807, 2.05) is 6.07 Å². The molecule has 1 atom stereocenters. The number of nitro benzene ring substituents is 1. The fourth-order valence-corrected chi connectivity index (χ4v) is 3.24. The molecule has 1 saturated heterocycles. The molecule has 1 aliphatic rings. The van der Waals surface area contributed by atoms with Crippen molar-refractivity contribution in [2.75, 3.05) is 6.61 Å². The van der Waals surface area contributed by atoms with Gasteiger partial charge in [-0.25, -0.2) is 4.68 Å². The summed E-state index contributed by atoms with van der Waals surface area (Å²) in [6.45, 7) is 2.47. The van der Waals surface area contributed by atoms with Gasteiger partial charge in [0.15, 0.2) is 6.23 Å². The predicted octanol–water partition coefficient (Wildman–Crippen LogP) is 3.56. The van der Waals surface area contributed by atoms with Crippen molar-refractivity contribution in [3.05, 3.63) is 31.5 Å². The fourth-order valence-electron chi connectivity index (χ4n) is 2.58. The highest BCUT2D eigenvalue weighted by Crippen LogP contribution is 2.32. The van der Waals surface area contributed by atoms with Crippen LogP contribution in [0.5, 0.6) is 0 Å². The summed E-state index contributed by atoms with van der Waals surface area (Å²) in [5.41, 5.74) is 1.56. The summed E-state index contributed by atoms with van der Waals surface area (Å²) in [5.74, 6) is 0. The van der Waals surface area contributed by atoms with E-state index in [9.17, 15) is 10.1 Å². The van der Waals surface area contributed by atoms with Crippen molar-refractivity contribution < 1.29 is 9.66 Å². The van der Waals surface area contributed by atoms with E-state index < -0.39 is 0 Å². The van der Waals surface area contributed by atoms with E-state index in [1.165, 1.54) is 0 Å². The summed E-state index contributed by atoms with van der Waals surface area (Å²) >= 11 is 2.16. The number of fused-ring (bicyclic) bond motifs is 1. The zero-order valence-electron chi connectivity index (χ0n) is 11.0. The molecule has 0 spiro atoms. The third-order valence-electron chi connectivity index (χ3n) is 3.60. The Kier molecular flexibility index (Phi) is 3.63. The lowest BCUT2D eigenvalue weighted by molar-refractivity contribution is -0.385. The number of aryl methyl sites for hydroxylation is 1. The van der Waals surface area contributed by atoms with Crippen LogP contribution >= 0.6 is 22.6 Å². The lowest BCUT2D eigenvalue weighted by Crippen LogP contribution is -2.19. The van der Waals surface area contributed by atoms with Crippen molar-refractivity contribution in [2.24, 2.45) is 0 Å². The van der Waals surface area contributed by atoms with Crippen molar-refractivity contribution in [2.45, 2.75) is 32.4 Å². The largest absolute Gasteiger partial charge is 0.356 e. The van der Waals surface area contributed by atoms with Crippen LogP contribution in [0.25, 0.3) is 10.9 Å². The van der Waals surface area contributed by atoms with Crippen molar-refractivity contribution in [3.63, 3.8) is 0 Å². The van der Waals surface area contributed by atoms with E-state index in [0.717, 1.165) is 40.5 Å². The molecule has 0 aliphatic carbocycles. The van der Waals surface area contributed by atoms with Crippen LogP contribution in [0, 0.1) is 20.7 Å². The van der Waals surface area contributed by atoms with E-state index in [0.29, 0.717) is 5.56 Å². The molecular weight excluding hydrogens is 373 g/mol. The number of benzene rings is 1. The first kappa shape index (κ1) is 13.7. The maximum absolute atomic E-state index is 11.1. The monoisotopic (exact) mass is 387 g/mol. The van der Waals surface area contributed by atoms with Crippen LogP contribution in [0.2, 0.25) is 0 Å². The number of nitrogens with zero attached hydrogens (tertiary/aromatic N) is 3. The summed E-state index contributed by atoms with van der Waals surface area (Å²) in [6, 6.07) is 3.44. The number of ether oxygens (including phenoxy) is 1. The van der Waals surface area contributed by atoms with Gasteiger partial charge in [-0.3, -0.25) is 10.1 Å². The second-order valence-corrected chi connectivity index (χ2v) is 5.99. The third kappa shape index (κ3) is 2.28. The van der Waals surface area contributed by atoms with Crippen LogP contribution in [0.4, 0.5) is 5.69 Å². The zero-order valence-corrected chi connectivity index (χ0v) is 13.2. The Labute approximate surface area is 129 Å². The first-order valence-corrected chi connectivity index (χ1v) is 7.60. The minimum Gasteiger partial charge on any atom is -0.356 e. The molecule has 0 bridgehead atoms. The minimum atomic E-state index is -0.347. The first-order valence-electron chi connectivity index (χ1n) is 6.52. The van der Waals surface area contributed by atoms with Gasteiger partial charge in [0, 0.05) is 23.6 Å². The highest BCUT2D eigenvalue weighted by Gasteiger charge is 2.23. The summed E-state index contributed by atoms with van der Waals surface area (Å²) in [6.07, 6.45) is 2.94. The third-order valence-corrected chi connectivity index (χ3v) is 4.40. The Morgan fingerprint density at radius 1 is 1.50 bits per heavy atom. The van der Waals surface area contributed by atoms with Gasteiger partial charge < -0.3 is 4.74 Å². The maximum atomic E-state index is 11.1. The second kappa shape index (κ2) is 5.28. The van der Waals surface area contributed by atoms with Gasteiger partial charge in [0.2, 0.25) is 0 Å². The van der Waals surface area contributed by atoms with Gasteiger partial charge in [0.25, 0.3) is 5.69 Å². The molecule has 1 aliphatic heterocycles. The molecule has 1 aromatic carbocycles. The van der Waals surface area contributed by atoms with Gasteiger partial charge in [-0.2, -0.15) is 5.10 Å². The topological polar surface area (TPSA) is 70.2 Å². The van der Waals surface area contributed by atoms with Crippen LogP contribution in [-0.4, -0.2) is 21.3 Å². The SMILES string of the molecule is Cc1cc2c(I)nn(C3CCCCO3)c2cc1[N+](=O)[O-]. The molecule has 2 aromatic rings. The minimum absolute atomic E-state index is 0.114. The van der Waals surface area contributed by atoms with E-state index in [2.05, 4.69) is 27.7 Å². The van der Waals surface area contributed by atoms with E-state index >= 15 is 0 Å². The molecule has 0 radical (unpaired) electrons. The quantitative estimate of drug-likeness (QED) is 0.449. The molecule has 20 heavy (non-hydrogen) atoms. The fraction of sp³-hybridized carbons (Fsp3) is 0.462. The standard InChI is InChI=1S/C13H14IN3O3/c1-8-6-9-11(7-10(8)17(18)19)16(15-13(9)14)12-4-2-3-5-20-12/h6-7,12H,2-5H2,1H3. The van der Waals surface area contributed by atoms with Crippen molar-refractivity contribution in [3.8, 4) is 0 Å². The average molecular weight is 387 g/mol. The number of rotatable bonds is 2. The van der Waals surface area contributed by atoms with Gasteiger partial charge in [-0.1, -0.05) is 0 Å². The van der Waals surface area contributed by atoms with Crippen LogP contribution in [0.3, 0.4) is 0 Å². The van der Waals surface area contributed by atoms with Crippen molar-refractivity contribution in [1.82, 2.24) is 9.78 Å². The van der Waals surface area contributed by atoms with Gasteiger partial charge in [0.05, 0.1) is 10.4 Å². The number of hydrogen-bond acceptors (Lipinski definition) is 4. The molecule has 106 valence electrons. The highest BCUT2D eigenvalue weighted by atomic mass is 127. The van der Waals surface area contributed by atoms with Gasteiger partial charge in [-0.15, -0.1) is 0 Å². The smallest absolute Gasteiger partial charge is 0.274 e. The lowest BCUT2D eigenvalue weighted by Gasteiger charge is -2.23. The zero-order chi connectivity index (χ0) is 14.3. The Bertz CT molecular complexity index is 677. The number of aromatic nitrogens is 2. The van der Waals surface area contributed by atoms with Crippen LogP contribution in [0.1, 0.15) is 31.1 Å². The van der Waals surface area contributed by atoms with Crippen molar-refractivity contribution in [1.29, 1.82) is 0 Å². The normalized spacial score (nSPS) is 19.4. The molecule has 1 unspecified atom stereocenters. The van der Waals surface area contributed by atoms with Gasteiger partial charge >= 0.3 is 0 Å². The van der Waals surface area contributed by atoms with Gasteiger partial charge in [-0.05, 0) is 54.8 Å². The Morgan fingerprint density at radius 3 is 2.95 bits per heavy atom. The van der Waals surface area contributed by atoms with E-state index in [4.69, 9.17) is 4.74 Å². The van der Waals surface area contributed by atoms with Crippen LogP contribution in [0.15, 0.2) is 12.1 Å². The molecule has 0 saturated carbocycles. The van der Waals surface area contributed by atoms with Crippen LogP contribution in [-0.2, 0) is 4.74 Å². The Hall–Kier alpha value is -1.22. The predicted molar refractivity (Wildman–Crippen MR) is 82.7 cm³/mol. The van der Waals surface area contributed by atoms with Crippen molar-refractivity contribution >= 4 is 39.2 Å². The summed E-state index contributed by atoms with van der Waals surface area (Å²) < 4.78 is 8.39. The number of hydrogen-bond donors (Lipinski definition) is 0. The second-order valence-electron chi connectivity index (χ2n) is 4.97. The average Bonchev–Trinajstić information content (AvgIpc) is 2.75. The van der Waals surface area contributed by atoms with E-state index in [1.54, 1.807) is 17.7 Å². The maximum Gasteiger partial charge on any atom is 0.274 e. The molecular formula is C13H14IN3O3.